The van der Waals surface area contributed by atoms with E-state index in [9.17, 15) is 13.2 Å². The monoisotopic (exact) mass is 356 g/mol. The molecule has 2 rings (SSSR count). The van der Waals surface area contributed by atoms with Crippen molar-refractivity contribution >= 4 is 22.0 Å². The minimum absolute atomic E-state index is 0.219. The van der Waals surface area contributed by atoms with Crippen molar-refractivity contribution in [3.8, 4) is 16.9 Å². The zero-order valence-electron chi connectivity index (χ0n) is 10.9. The highest BCUT2D eigenvalue weighted by molar-refractivity contribution is 9.09. The maximum Gasteiger partial charge on any atom is 0.573 e. The molecule has 0 N–H and O–H groups in total. The van der Waals surface area contributed by atoms with Crippen LogP contribution in [0.25, 0.3) is 17.2 Å². The summed E-state index contributed by atoms with van der Waals surface area (Å²) in [5.74, 6) is -0.219. The molecule has 0 radical (unpaired) electrons. The lowest BCUT2D eigenvalue weighted by molar-refractivity contribution is -0.274. The highest BCUT2D eigenvalue weighted by atomic mass is 79.9. The number of benzene rings is 2. The summed E-state index contributed by atoms with van der Waals surface area (Å²) in [5, 5.41) is 0.787. The summed E-state index contributed by atoms with van der Waals surface area (Å²) in [6.45, 7) is 0. The van der Waals surface area contributed by atoms with E-state index >= 15 is 0 Å². The first kappa shape index (κ1) is 15.6. The molecule has 0 aliphatic rings. The molecule has 21 heavy (non-hydrogen) atoms. The summed E-state index contributed by atoms with van der Waals surface area (Å²) in [6, 6.07) is 13.6. The van der Waals surface area contributed by atoms with Gasteiger partial charge in [-0.2, -0.15) is 0 Å². The molecule has 110 valence electrons. The van der Waals surface area contributed by atoms with Gasteiger partial charge in [0.15, 0.2) is 0 Å². The van der Waals surface area contributed by atoms with E-state index in [1.165, 1.54) is 12.1 Å². The Morgan fingerprint density at radius 2 is 1.43 bits per heavy atom. The first-order valence-corrected chi connectivity index (χ1v) is 7.29. The second-order valence-corrected chi connectivity index (χ2v) is 4.90. The standard InChI is InChI=1S/C16H12BrF3O/c17-11-1-2-12-3-5-13(6-4-12)14-7-9-15(10-8-14)21-16(18,19)20/h1-10H,11H2. The van der Waals surface area contributed by atoms with E-state index in [4.69, 9.17) is 0 Å². The van der Waals surface area contributed by atoms with Crippen LogP contribution in [0.4, 0.5) is 13.2 Å². The van der Waals surface area contributed by atoms with Gasteiger partial charge in [-0.3, -0.25) is 0 Å². The fraction of sp³-hybridized carbons (Fsp3) is 0.125. The number of halogens is 4. The van der Waals surface area contributed by atoms with E-state index in [0.717, 1.165) is 22.0 Å². The van der Waals surface area contributed by atoms with E-state index in [1.54, 1.807) is 12.1 Å². The second kappa shape index (κ2) is 6.80. The van der Waals surface area contributed by atoms with Crippen LogP contribution in [-0.4, -0.2) is 11.7 Å². The van der Waals surface area contributed by atoms with Crippen molar-refractivity contribution < 1.29 is 17.9 Å². The topological polar surface area (TPSA) is 9.23 Å². The molecule has 0 spiro atoms. The van der Waals surface area contributed by atoms with Crippen molar-refractivity contribution in [2.24, 2.45) is 0 Å². The molecule has 2 aromatic carbocycles. The molecule has 0 aliphatic carbocycles. The summed E-state index contributed by atoms with van der Waals surface area (Å²) >= 11 is 3.31. The van der Waals surface area contributed by atoms with E-state index in [2.05, 4.69) is 20.7 Å². The lowest BCUT2D eigenvalue weighted by atomic mass is 10.0. The van der Waals surface area contributed by atoms with Crippen LogP contribution in [-0.2, 0) is 0 Å². The zero-order chi connectivity index (χ0) is 15.3. The number of rotatable bonds is 4. The maximum atomic E-state index is 12.1. The number of alkyl halides is 4. The molecular formula is C16H12BrF3O. The first-order chi connectivity index (χ1) is 9.98. The molecule has 0 aromatic heterocycles. The Morgan fingerprint density at radius 1 is 0.905 bits per heavy atom. The number of hydrogen-bond donors (Lipinski definition) is 0. The summed E-state index contributed by atoms with van der Waals surface area (Å²) in [7, 11) is 0. The molecule has 0 atom stereocenters. The van der Waals surface area contributed by atoms with Crippen LogP contribution < -0.4 is 4.74 Å². The Bertz CT molecular complexity index is 601. The van der Waals surface area contributed by atoms with E-state index in [0.29, 0.717) is 0 Å². The van der Waals surface area contributed by atoms with Crippen LogP contribution >= 0.6 is 15.9 Å². The molecule has 0 fully saturated rings. The summed E-state index contributed by atoms with van der Waals surface area (Å²) in [5.41, 5.74) is 2.83. The highest BCUT2D eigenvalue weighted by Crippen LogP contribution is 2.26. The number of ether oxygens (including phenoxy) is 1. The molecule has 0 aliphatic heterocycles. The molecule has 0 saturated carbocycles. The van der Waals surface area contributed by atoms with Crippen molar-refractivity contribution in [3.63, 3.8) is 0 Å². The van der Waals surface area contributed by atoms with Gasteiger partial charge in [0.05, 0.1) is 0 Å². The van der Waals surface area contributed by atoms with Crippen LogP contribution in [0.5, 0.6) is 5.75 Å². The Hall–Kier alpha value is -1.75. The Kier molecular flexibility index (Phi) is 5.07. The molecule has 2 aromatic rings. The lowest BCUT2D eigenvalue weighted by Crippen LogP contribution is -2.16. The minimum Gasteiger partial charge on any atom is -0.406 e. The van der Waals surface area contributed by atoms with Gasteiger partial charge >= 0.3 is 6.36 Å². The molecule has 0 bridgehead atoms. The van der Waals surface area contributed by atoms with Crippen LogP contribution in [0.3, 0.4) is 0 Å². The average molecular weight is 357 g/mol. The van der Waals surface area contributed by atoms with E-state index in [1.807, 2.05) is 36.4 Å². The predicted octanol–water partition coefficient (Wildman–Crippen LogP) is 5.66. The molecule has 5 heteroatoms. The zero-order valence-corrected chi connectivity index (χ0v) is 12.5. The fourth-order valence-corrected chi connectivity index (χ4v) is 2.00. The van der Waals surface area contributed by atoms with Gasteiger partial charge in [0.1, 0.15) is 5.75 Å². The molecular weight excluding hydrogens is 345 g/mol. The van der Waals surface area contributed by atoms with Crippen LogP contribution in [0.15, 0.2) is 54.6 Å². The van der Waals surface area contributed by atoms with E-state index in [-0.39, 0.29) is 5.75 Å². The van der Waals surface area contributed by atoms with Crippen molar-refractivity contribution in [3.05, 3.63) is 60.2 Å². The van der Waals surface area contributed by atoms with Gasteiger partial charge < -0.3 is 4.74 Å². The van der Waals surface area contributed by atoms with Crippen LogP contribution in [0, 0.1) is 0 Å². The molecule has 0 heterocycles. The van der Waals surface area contributed by atoms with Gasteiger partial charge in [-0.05, 0) is 28.8 Å². The lowest BCUT2D eigenvalue weighted by Gasteiger charge is -2.09. The minimum atomic E-state index is -4.66. The quantitative estimate of drug-likeness (QED) is 0.642. The Labute approximate surface area is 129 Å². The molecule has 0 amide bonds. The number of allylic oxidation sites excluding steroid dienone is 1. The number of hydrogen-bond acceptors (Lipinski definition) is 1. The van der Waals surface area contributed by atoms with Crippen molar-refractivity contribution in [2.45, 2.75) is 6.36 Å². The summed E-state index contributed by atoms with van der Waals surface area (Å²) in [6.07, 6.45) is -0.692. The van der Waals surface area contributed by atoms with Crippen molar-refractivity contribution in [1.82, 2.24) is 0 Å². The van der Waals surface area contributed by atoms with Gasteiger partial charge in [0, 0.05) is 5.33 Å². The fourth-order valence-electron chi connectivity index (χ4n) is 1.82. The normalized spacial score (nSPS) is 11.8. The molecule has 0 unspecified atom stereocenters. The maximum absolute atomic E-state index is 12.1. The molecule has 1 nitrogen and oxygen atoms in total. The van der Waals surface area contributed by atoms with Crippen molar-refractivity contribution in [2.75, 3.05) is 5.33 Å². The second-order valence-electron chi connectivity index (χ2n) is 4.25. The third-order valence-corrected chi connectivity index (χ3v) is 3.11. The van der Waals surface area contributed by atoms with Crippen LogP contribution in [0.1, 0.15) is 5.56 Å². The predicted molar refractivity (Wildman–Crippen MR) is 81.4 cm³/mol. The molecule has 0 saturated heterocycles. The van der Waals surface area contributed by atoms with Gasteiger partial charge in [-0.25, -0.2) is 0 Å². The smallest absolute Gasteiger partial charge is 0.406 e. The average Bonchev–Trinajstić information content (AvgIpc) is 2.45. The van der Waals surface area contributed by atoms with Gasteiger partial charge in [-0.15, -0.1) is 13.2 Å². The Balaban J connectivity index is 2.13. The third kappa shape index (κ3) is 4.93. The van der Waals surface area contributed by atoms with E-state index < -0.39 is 6.36 Å². The highest BCUT2D eigenvalue weighted by Gasteiger charge is 2.30. The Morgan fingerprint density at radius 3 is 1.90 bits per heavy atom. The SMILES string of the molecule is FC(F)(F)Oc1ccc(-c2ccc(C=CCBr)cc2)cc1. The van der Waals surface area contributed by atoms with Gasteiger partial charge in [0.25, 0.3) is 0 Å². The largest absolute Gasteiger partial charge is 0.573 e. The van der Waals surface area contributed by atoms with Crippen LogP contribution in [0.2, 0.25) is 0 Å². The summed E-state index contributed by atoms with van der Waals surface area (Å²) < 4.78 is 40.1. The third-order valence-electron chi connectivity index (χ3n) is 2.73. The van der Waals surface area contributed by atoms with Crippen molar-refractivity contribution in [1.29, 1.82) is 0 Å². The first-order valence-electron chi connectivity index (χ1n) is 6.17. The van der Waals surface area contributed by atoms with Gasteiger partial charge in [0.2, 0.25) is 0 Å². The van der Waals surface area contributed by atoms with Gasteiger partial charge in [-0.1, -0.05) is 64.5 Å². The summed E-state index contributed by atoms with van der Waals surface area (Å²) in [4.78, 5) is 0.